The van der Waals surface area contributed by atoms with Crippen molar-refractivity contribution in [2.45, 2.75) is 88.0 Å². The van der Waals surface area contributed by atoms with Crippen LogP contribution in [0.15, 0.2) is 97.1 Å². The van der Waals surface area contributed by atoms with Crippen LogP contribution in [-0.4, -0.2) is 30.6 Å². The fourth-order valence-electron chi connectivity index (χ4n) is 8.12. The lowest BCUT2D eigenvalue weighted by Crippen LogP contribution is -2.47. The third-order valence-electron chi connectivity index (χ3n) is 10.7. The van der Waals surface area contributed by atoms with Gasteiger partial charge in [-0.15, -0.1) is 0 Å². The lowest BCUT2D eigenvalue weighted by Gasteiger charge is -2.31. The summed E-state index contributed by atoms with van der Waals surface area (Å²) in [5, 5.41) is 5.39. The Balaban J connectivity index is 1.09. The van der Waals surface area contributed by atoms with Crippen molar-refractivity contribution in [3.05, 3.63) is 119 Å². The molecule has 2 N–H and O–H groups in total. The fourth-order valence-corrected chi connectivity index (χ4v) is 8.12. The number of carbonyl (C=O) groups is 2. The minimum Gasteiger partial charge on any atom is -0.349 e. The van der Waals surface area contributed by atoms with Crippen LogP contribution in [0.1, 0.15) is 91.3 Å². The van der Waals surface area contributed by atoms with Crippen LogP contribution in [0.25, 0.3) is 22.3 Å². The van der Waals surface area contributed by atoms with E-state index in [0.717, 1.165) is 85.8 Å². The molecule has 2 atom stereocenters. The summed E-state index contributed by atoms with van der Waals surface area (Å²) in [6.07, 6.45) is -0.734. The second-order valence-electron chi connectivity index (χ2n) is 14.1. The molecule has 2 unspecified atom stereocenters. The Morgan fingerprint density at radius 3 is 1.90 bits per heavy atom. The number of benzene rings is 4. The second kappa shape index (κ2) is 15.6. The molecule has 10 heteroatoms. The Bertz CT molecular complexity index is 1820. The standard InChI is InChI=1S/C42H42F6N2O2/c43-41(44,45)27-49-39(52)40(36-18-7-5-15-33(36)34-16-6-8-19-37(34)40)26-10-9-12-28-11-1-2-13-31(25-20-28)50-38(51)35-17-4-3-14-32(35)29-21-23-30(24-22-29)42(46,47)48/h3-8,14-19,21-24,28,31H,1-2,9-13,20,25-27H2,(H,49,52)(H,50,51). The zero-order valence-corrected chi connectivity index (χ0v) is 28.8. The van der Waals surface area contributed by atoms with E-state index in [1.165, 1.54) is 12.1 Å². The predicted molar refractivity (Wildman–Crippen MR) is 190 cm³/mol. The van der Waals surface area contributed by atoms with Crippen LogP contribution in [0, 0.1) is 5.92 Å². The minimum atomic E-state index is -4.53. The molecular weight excluding hydrogens is 678 g/mol. The molecule has 6 rings (SSSR count). The van der Waals surface area contributed by atoms with Gasteiger partial charge in [0.1, 0.15) is 12.0 Å². The van der Waals surface area contributed by atoms with Gasteiger partial charge in [-0.25, -0.2) is 0 Å². The summed E-state index contributed by atoms with van der Waals surface area (Å²) in [6, 6.07) is 26.6. The van der Waals surface area contributed by atoms with Gasteiger partial charge in [-0.05, 0) is 83.2 Å². The normalized spacial score (nSPS) is 18.4. The summed E-state index contributed by atoms with van der Waals surface area (Å²) in [4.78, 5) is 27.3. The molecule has 4 aromatic rings. The number of hydrogen-bond acceptors (Lipinski definition) is 2. The van der Waals surface area contributed by atoms with Gasteiger partial charge in [0.2, 0.25) is 5.91 Å². The topological polar surface area (TPSA) is 58.2 Å². The molecule has 1 saturated carbocycles. The molecular formula is C42H42F6N2O2. The highest BCUT2D eigenvalue weighted by Gasteiger charge is 2.49. The molecule has 2 amide bonds. The number of nitrogens with one attached hydrogen (secondary N) is 2. The molecule has 0 heterocycles. The fraction of sp³-hybridized carbons (Fsp3) is 0.381. The first-order chi connectivity index (χ1) is 24.9. The van der Waals surface area contributed by atoms with E-state index in [0.29, 0.717) is 35.4 Å². The molecule has 0 spiro atoms. The van der Waals surface area contributed by atoms with Crippen molar-refractivity contribution < 1.29 is 35.9 Å². The van der Waals surface area contributed by atoms with Gasteiger partial charge in [0.05, 0.1) is 5.56 Å². The van der Waals surface area contributed by atoms with Gasteiger partial charge in [0.25, 0.3) is 5.91 Å². The van der Waals surface area contributed by atoms with E-state index in [1.54, 1.807) is 24.3 Å². The molecule has 0 bridgehead atoms. The van der Waals surface area contributed by atoms with Gasteiger partial charge >= 0.3 is 12.4 Å². The summed E-state index contributed by atoms with van der Waals surface area (Å²) >= 11 is 0. The first-order valence-electron chi connectivity index (χ1n) is 18.0. The summed E-state index contributed by atoms with van der Waals surface area (Å²) in [5.41, 5.74) is 2.75. The van der Waals surface area contributed by atoms with Crippen molar-refractivity contribution in [2.75, 3.05) is 6.54 Å². The molecule has 4 aromatic carbocycles. The maximum Gasteiger partial charge on any atom is 0.416 e. The highest BCUT2D eigenvalue weighted by Crippen LogP contribution is 2.52. The van der Waals surface area contributed by atoms with Crippen molar-refractivity contribution in [3.63, 3.8) is 0 Å². The molecule has 0 radical (unpaired) electrons. The maximum absolute atomic E-state index is 13.8. The van der Waals surface area contributed by atoms with Crippen molar-refractivity contribution in [1.29, 1.82) is 0 Å². The highest BCUT2D eigenvalue weighted by molar-refractivity contribution is 6.01. The van der Waals surface area contributed by atoms with Crippen LogP contribution in [-0.2, 0) is 16.4 Å². The first kappa shape index (κ1) is 37.2. The lowest BCUT2D eigenvalue weighted by molar-refractivity contribution is -0.141. The summed E-state index contributed by atoms with van der Waals surface area (Å²) in [7, 11) is 0. The monoisotopic (exact) mass is 720 g/mol. The Labute approximate surface area is 300 Å². The number of halogens is 6. The zero-order chi connectivity index (χ0) is 36.9. The largest absolute Gasteiger partial charge is 0.416 e. The molecule has 2 aliphatic carbocycles. The lowest BCUT2D eigenvalue weighted by atomic mass is 9.73. The molecule has 274 valence electrons. The van der Waals surface area contributed by atoms with Gasteiger partial charge in [-0.3, -0.25) is 9.59 Å². The molecule has 4 nitrogen and oxygen atoms in total. The number of unbranched alkanes of at least 4 members (excludes halogenated alkanes) is 1. The third kappa shape index (κ3) is 8.21. The van der Waals surface area contributed by atoms with Gasteiger partial charge in [-0.2, -0.15) is 26.3 Å². The van der Waals surface area contributed by atoms with Crippen LogP contribution in [0.4, 0.5) is 26.3 Å². The van der Waals surface area contributed by atoms with Crippen LogP contribution in [0.5, 0.6) is 0 Å². The predicted octanol–water partition coefficient (Wildman–Crippen LogP) is 10.6. The highest BCUT2D eigenvalue weighted by atomic mass is 19.4. The van der Waals surface area contributed by atoms with E-state index in [-0.39, 0.29) is 11.9 Å². The Kier molecular flexibility index (Phi) is 11.1. The van der Waals surface area contributed by atoms with Gasteiger partial charge < -0.3 is 10.6 Å². The summed E-state index contributed by atoms with van der Waals surface area (Å²) in [6.45, 7) is -1.39. The zero-order valence-electron chi connectivity index (χ0n) is 28.8. The average molecular weight is 721 g/mol. The Hall–Kier alpha value is -4.60. The SMILES string of the molecule is O=C(NC1CCCCC(CCCCC2(C(=O)NCC(F)(F)F)c3ccccc3-c3ccccc32)CC1)c1ccccc1-c1ccc(C(F)(F)F)cc1. The number of rotatable bonds is 10. The van der Waals surface area contributed by atoms with Crippen LogP contribution >= 0.6 is 0 Å². The van der Waals surface area contributed by atoms with E-state index in [2.05, 4.69) is 10.6 Å². The molecule has 1 fully saturated rings. The number of fused-ring (bicyclic) bond motifs is 3. The summed E-state index contributed by atoms with van der Waals surface area (Å²) < 4.78 is 79.1. The van der Waals surface area contributed by atoms with E-state index in [1.807, 2.05) is 48.5 Å². The quantitative estimate of drug-likeness (QED) is 0.127. The second-order valence-corrected chi connectivity index (χ2v) is 14.1. The molecule has 0 aromatic heterocycles. The van der Waals surface area contributed by atoms with E-state index >= 15 is 0 Å². The van der Waals surface area contributed by atoms with E-state index in [4.69, 9.17) is 0 Å². The Morgan fingerprint density at radius 2 is 1.27 bits per heavy atom. The van der Waals surface area contributed by atoms with Gasteiger partial charge in [-0.1, -0.05) is 117 Å². The van der Waals surface area contributed by atoms with Crippen molar-refractivity contribution in [3.8, 4) is 22.3 Å². The maximum atomic E-state index is 13.8. The number of amides is 2. The smallest absolute Gasteiger partial charge is 0.349 e. The molecule has 0 aliphatic heterocycles. The van der Waals surface area contributed by atoms with Crippen molar-refractivity contribution in [1.82, 2.24) is 10.6 Å². The molecule has 2 aliphatic rings. The molecule has 52 heavy (non-hydrogen) atoms. The van der Waals surface area contributed by atoms with Gasteiger partial charge in [0, 0.05) is 11.6 Å². The number of hydrogen-bond donors (Lipinski definition) is 2. The third-order valence-corrected chi connectivity index (χ3v) is 10.7. The minimum absolute atomic E-state index is 0.0527. The van der Waals surface area contributed by atoms with Crippen LogP contribution in [0.3, 0.4) is 0 Å². The Morgan fingerprint density at radius 1 is 0.673 bits per heavy atom. The number of carbonyl (C=O) groups excluding carboxylic acids is 2. The van der Waals surface area contributed by atoms with Crippen LogP contribution in [0.2, 0.25) is 0 Å². The van der Waals surface area contributed by atoms with Crippen LogP contribution < -0.4 is 10.6 Å². The first-order valence-corrected chi connectivity index (χ1v) is 18.0. The van der Waals surface area contributed by atoms with Crippen molar-refractivity contribution >= 4 is 11.8 Å². The summed E-state index contributed by atoms with van der Waals surface area (Å²) in [5.74, 6) is -0.493. The van der Waals surface area contributed by atoms with E-state index in [9.17, 15) is 35.9 Å². The average Bonchev–Trinajstić information content (AvgIpc) is 3.41. The molecule has 0 saturated heterocycles. The van der Waals surface area contributed by atoms with E-state index < -0.39 is 35.8 Å². The van der Waals surface area contributed by atoms with Gasteiger partial charge in [0.15, 0.2) is 0 Å². The van der Waals surface area contributed by atoms with Crippen molar-refractivity contribution in [2.24, 2.45) is 5.92 Å². The number of alkyl halides is 6.